The Morgan fingerprint density at radius 3 is 2.70 bits per heavy atom. The molecule has 0 radical (unpaired) electrons. The molecule has 0 saturated carbocycles. The number of aryl methyl sites for hydroxylation is 2. The van der Waals surface area contributed by atoms with E-state index in [0.717, 1.165) is 34.0 Å². The van der Waals surface area contributed by atoms with Crippen molar-refractivity contribution in [2.45, 2.75) is 33.6 Å². The smallest absolute Gasteiger partial charge is 0.252 e. The van der Waals surface area contributed by atoms with Gasteiger partial charge < -0.3 is 10.1 Å². The fourth-order valence-electron chi connectivity index (χ4n) is 2.82. The number of hydrogen-bond donors (Lipinski definition) is 1. The lowest BCUT2D eigenvalue weighted by atomic mass is 10.1. The van der Waals surface area contributed by atoms with Crippen molar-refractivity contribution in [1.29, 1.82) is 0 Å². The normalized spacial score (nSPS) is 10.8. The van der Waals surface area contributed by atoms with Gasteiger partial charge in [0, 0.05) is 23.5 Å². The molecule has 0 fully saturated rings. The van der Waals surface area contributed by atoms with Crippen molar-refractivity contribution in [3.8, 4) is 5.75 Å². The topological polar surface area (TPSA) is 81.4 Å². The summed E-state index contributed by atoms with van der Waals surface area (Å²) in [6.45, 7) is 10.1. The molecule has 2 heterocycles. The molecule has 0 aliphatic heterocycles. The van der Waals surface area contributed by atoms with Crippen LogP contribution in [0.1, 0.15) is 30.3 Å². The number of fused-ring (bicyclic) bond motifs is 1. The molecule has 3 aromatic rings. The van der Waals surface area contributed by atoms with Gasteiger partial charge in [-0.2, -0.15) is 10.1 Å². The SMILES string of the molecule is C=C(C)COc1ccc(NC(=O)CCc2c(C)nc3ncnn3c2C)cc1. The van der Waals surface area contributed by atoms with E-state index in [1.165, 1.54) is 6.33 Å². The average molecular weight is 365 g/mol. The van der Waals surface area contributed by atoms with E-state index in [9.17, 15) is 4.79 Å². The number of nitrogens with zero attached hydrogens (tertiary/aromatic N) is 4. The van der Waals surface area contributed by atoms with Crippen molar-refractivity contribution in [3.63, 3.8) is 0 Å². The number of ether oxygens (including phenoxy) is 1. The van der Waals surface area contributed by atoms with Crippen molar-refractivity contribution < 1.29 is 9.53 Å². The molecule has 0 unspecified atom stereocenters. The summed E-state index contributed by atoms with van der Waals surface area (Å²) in [4.78, 5) is 20.9. The number of benzene rings is 1. The van der Waals surface area contributed by atoms with E-state index in [1.54, 1.807) is 4.52 Å². The quantitative estimate of drug-likeness (QED) is 0.650. The molecule has 7 heteroatoms. The Kier molecular flexibility index (Phi) is 5.49. The van der Waals surface area contributed by atoms with Gasteiger partial charge >= 0.3 is 0 Å². The number of carbonyl (C=O) groups is 1. The van der Waals surface area contributed by atoms with Crippen molar-refractivity contribution in [2.24, 2.45) is 0 Å². The van der Waals surface area contributed by atoms with Crippen LogP contribution in [0.3, 0.4) is 0 Å². The van der Waals surface area contributed by atoms with Crippen LogP contribution in [0.25, 0.3) is 5.78 Å². The maximum atomic E-state index is 12.3. The van der Waals surface area contributed by atoms with Crippen LogP contribution < -0.4 is 10.1 Å². The van der Waals surface area contributed by atoms with E-state index in [4.69, 9.17) is 4.74 Å². The molecule has 1 aromatic carbocycles. The first-order valence-corrected chi connectivity index (χ1v) is 8.77. The molecule has 0 aliphatic carbocycles. The van der Waals surface area contributed by atoms with Gasteiger partial charge in [-0.3, -0.25) is 4.79 Å². The predicted molar refractivity (Wildman–Crippen MR) is 104 cm³/mol. The van der Waals surface area contributed by atoms with Crippen molar-refractivity contribution in [2.75, 3.05) is 11.9 Å². The molecular weight excluding hydrogens is 342 g/mol. The third-order valence-electron chi connectivity index (χ3n) is 4.21. The van der Waals surface area contributed by atoms with Crippen molar-refractivity contribution in [3.05, 3.63) is 59.7 Å². The minimum absolute atomic E-state index is 0.0527. The first kappa shape index (κ1) is 18.6. The molecule has 0 saturated heterocycles. The Bertz CT molecular complexity index is 976. The molecule has 1 N–H and O–H groups in total. The van der Waals surface area contributed by atoms with E-state index in [-0.39, 0.29) is 5.91 Å². The van der Waals surface area contributed by atoms with E-state index in [2.05, 4.69) is 27.0 Å². The maximum absolute atomic E-state index is 12.3. The summed E-state index contributed by atoms with van der Waals surface area (Å²) < 4.78 is 7.25. The molecule has 0 bridgehead atoms. The first-order valence-electron chi connectivity index (χ1n) is 8.77. The highest BCUT2D eigenvalue weighted by molar-refractivity contribution is 5.90. The third-order valence-corrected chi connectivity index (χ3v) is 4.21. The maximum Gasteiger partial charge on any atom is 0.252 e. The second-order valence-electron chi connectivity index (χ2n) is 6.55. The summed E-state index contributed by atoms with van der Waals surface area (Å²) in [5.74, 6) is 1.27. The zero-order chi connectivity index (χ0) is 19.4. The Morgan fingerprint density at radius 2 is 2.00 bits per heavy atom. The molecule has 0 atom stereocenters. The molecule has 27 heavy (non-hydrogen) atoms. The van der Waals surface area contributed by atoms with Crippen LogP contribution >= 0.6 is 0 Å². The lowest BCUT2D eigenvalue weighted by Crippen LogP contribution is -2.14. The van der Waals surface area contributed by atoms with Gasteiger partial charge in [0.15, 0.2) is 0 Å². The first-order chi connectivity index (χ1) is 12.9. The van der Waals surface area contributed by atoms with Crippen LogP contribution in [0, 0.1) is 13.8 Å². The molecule has 7 nitrogen and oxygen atoms in total. The van der Waals surface area contributed by atoms with Gasteiger partial charge in [-0.1, -0.05) is 6.58 Å². The molecular formula is C20H23N5O2. The summed E-state index contributed by atoms with van der Waals surface area (Å²) in [7, 11) is 0. The standard InChI is InChI=1S/C20H23N5O2/c1-13(2)11-27-17-7-5-16(6-8-17)24-19(26)10-9-18-14(3)23-20-21-12-22-25(20)15(18)4/h5-8,12H,1,9-11H2,2-4H3,(H,24,26). The van der Waals surface area contributed by atoms with Crippen LogP contribution in [0.2, 0.25) is 0 Å². The second kappa shape index (κ2) is 7.99. The summed E-state index contributed by atoms with van der Waals surface area (Å²) in [5, 5.41) is 7.08. The Balaban J connectivity index is 1.59. The Labute approximate surface area is 158 Å². The van der Waals surface area contributed by atoms with E-state index in [1.807, 2.05) is 45.0 Å². The van der Waals surface area contributed by atoms with Gasteiger partial charge in [-0.25, -0.2) is 9.50 Å². The van der Waals surface area contributed by atoms with Gasteiger partial charge in [0.2, 0.25) is 5.91 Å². The Morgan fingerprint density at radius 1 is 1.26 bits per heavy atom. The number of carbonyl (C=O) groups excluding carboxylic acids is 1. The van der Waals surface area contributed by atoms with E-state index < -0.39 is 0 Å². The Hall–Kier alpha value is -3.22. The minimum atomic E-state index is -0.0527. The van der Waals surface area contributed by atoms with E-state index in [0.29, 0.717) is 25.2 Å². The fourth-order valence-corrected chi connectivity index (χ4v) is 2.82. The third kappa shape index (κ3) is 4.49. The van der Waals surface area contributed by atoms with Crippen molar-refractivity contribution >= 4 is 17.4 Å². The number of hydrogen-bond acceptors (Lipinski definition) is 5. The highest BCUT2D eigenvalue weighted by Crippen LogP contribution is 2.18. The summed E-state index contributed by atoms with van der Waals surface area (Å²) in [6.07, 6.45) is 2.43. The monoisotopic (exact) mass is 365 g/mol. The van der Waals surface area contributed by atoms with Gasteiger partial charge in [0.25, 0.3) is 5.78 Å². The average Bonchev–Trinajstić information content (AvgIpc) is 3.09. The van der Waals surface area contributed by atoms with Crippen LogP contribution in [-0.4, -0.2) is 32.1 Å². The summed E-state index contributed by atoms with van der Waals surface area (Å²) in [6, 6.07) is 7.31. The zero-order valence-corrected chi connectivity index (χ0v) is 15.8. The highest BCUT2D eigenvalue weighted by Gasteiger charge is 2.12. The van der Waals surface area contributed by atoms with Gasteiger partial charge in [0.05, 0.1) is 0 Å². The number of amides is 1. The molecule has 3 rings (SSSR count). The lowest BCUT2D eigenvalue weighted by Gasteiger charge is -2.11. The molecule has 140 valence electrons. The molecule has 0 spiro atoms. The molecule has 0 aliphatic rings. The fraction of sp³-hybridized carbons (Fsp3) is 0.300. The molecule has 2 aromatic heterocycles. The summed E-state index contributed by atoms with van der Waals surface area (Å²) >= 11 is 0. The number of rotatable bonds is 7. The van der Waals surface area contributed by atoms with Gasteiger partial charge in [-0.15, -0.1) is 0 Å². The van der Waals surface area contributed by atoms with Crippen LogP contribution in [0.4, 0.5) is 5.69 Å². The highest BCUT2D eigenvalue weighted by atomic mass is 16.5. The van der Waals surface area contributed by atoms with Gasteiger partial charge in [-0.05, 0) is 62.6 Å². The second-order valence-corrected chi connectivity index (χ2v) is 6.55. The van der Waals surface area contributed by atoms with Crippen molar-refractivity contribution in [1.82, 2.24) is 19.6 Å². The van der Waals surface area contributed by atoms with Crippen LogP contribution in [-0.2, 0) is 11.2 Å². The minimum Gasteiger partial charge on any atom is -0.489 e. The number of aromatic nitrogens is 4. The predicted octanol–water partition coefficient (Wildman–Crippen LogP) is 3.27. The largest absolute Gasteiger partial charge is 0.489 e. The molecule has 1 amide bonds. The number of nitrogens with one attached hydrogen (secondary N) is 1. The van der Waals surface area contributed by atoms with Gasteiger partial charge in [0.1, 0.15) is 18.7 Å². The lowest BCUT2D eigenvalue weighted by molar-refractivity contribution is -0.116. The zero-order valence-electron chi connectivity index (χ0n) is 15.8. The van der Waals surface area contributed by atoms with Crippen LogP contribution in [0.15, 0.2) is 42.7 Å². The van der Waals surface area contributed by atoms with Crippen LogP contribution in [0.5, 0.6) is 5.75 Å². The van der Waals surface area contributed by atoms with E-state index >= 15 is 0 Å². The number of anilines is 1. The summed E-state index contributed by atoms with van der Waals surface area (Å²) in [5.41, 5.74) is 4.55.